The van der Waals surface area contributed by atoms with Crippen molar-refractivity contribution in [2.75, 3.05) is 6.54 Å². The van der Waals surface area contributed by atoms with Crippen molar-refractivity contribution in [2.24, 2.45) is 11.5 Å². The van der Waals surface area contributed by atoms with E-state index in [1.165, 1.54) is 0 Å². The number of terminal acetylenes is 1. The molecule has 0 aliphatic heterocycles. The summed E-state index contributed by atoms with van der Waals surface area (Å²) in [5.41, 5.74) is 10.2. The van der Waals surface area contributed by atoms with Gasteiger partial charge in [0.1, 0.15) is 0 Å². The molecule has 0 bridgehead atoms. The van der Waals surface area contributed by atoms with E-state index in [-0.39, 0.29) is 25.3 Å². The smallest absolute Gasteiger partial charge is 0.237 e. The predicted octanol–water partition coefficient (Wildman–Crippen LogP) is -1.67. The second-order valence-electron chi connectivity index (χ2n) is 2.52. The van der Waals surface area contributed by atoms with E-state index in [4.69, 9.17) is 17.9 Å². The normalized spacial score (nSPS) is 11.4. The van der Waals surface area contributed by atoms with E-state index in [1.807, 2.05) is 0 Å². The molecule has 0 spiro atoms. The first-order valence-corrected chi connectivity index (χ1v) is 3.83. The molecule has 0 radical (unpaired) electrons. The van der Waals surface area contributed by atoms with Crippen LogP contribution in [0, 0.1) is 12.3 Å². The minimum absolute atomic E-state index is 0.106. The van der Waals surface area contributed by atoms with E-state index in [9.17, 15) is 9.59 Å². The van der Waals surface area contributed by atoms with Crippen molar-refractivity contribution in [1.29, 1.82) is 0 Å². The highest BCUT2D eigenvalue weighted by Gasteiger charge is 2.10. The molecule has 5 nitrogen and oxygen atoms in total. The van der Waals surface area contributed by atoms with Gasteiger partial charge in [0.25, 0.3) is 0 Å². The predicted molar refractivity (Wildman–Crippen MR) is 48.2 cm³/mol. The maximum absolute atomic E-state index is 11.0. The Morgan fingerprint density at radius 1 is 1.54 bits per heavy atom. The van der Waals surface area contributed by atoms with Gasteiger partial charge < -0.3 is 16.8 Å². The van der Waals surface area contributed by atoms with E-state index in [0.29, 0.717) is 0 Å². The quantitative estimate of drug-likeness (QED) is 0.444. The fourth-order valence-corrected chi connectivity index (χ4v) is 0.660. The number of carbonyl (C=O) groups excluding carboxylic acids is 2. The van der Waals surface area contributed by atoms with E-state index in [1.54, 1.807) is 0 Å². The summed E-state index contributed by atoms with van der Waals surface area (Å²) >= 11 is 0. The Bertz CT molecular complexity index is 232. The molecule has 0 aliphatic carbocycles. The number of hydrogen-bond acceptors (Lipinski definition) is 3. The molecule has 0 saturated heterocycles. The minimum atomic E-state index is -0.710. The molecular formula is C8H13N3O2. The minimum Gasteiger partial charge on any atom is -0.370 e. The molecule has 0 rings (SSSR count). The number of rotatable bonds is 5. The highest BCUT2D eigenvalue weighted by atomic mass is 16.2. The van der Waals surface area contributed by atoms with Gasteiger partial charge in [0.05, 0.1) is 6.04 Å². The topological polar surface area (TPSA) is 98.2 Å². The van der Waals surface area contributed by atoms with Crippen molar-refractivity contribution in [3.63, 3.8) is 0 Å². The van der Waals surface area contributed by atoms with Gasteiger partial charge in [-0.05, 0) is 0 Å². The maximum Gasteiger partial charge on any atom is 0.237 e. The Morgan fingerprint density at radius 2 is 2.15 bits per heavy atom. The average Bonchev–Trinajstić information content (AvgIpc) is 2.04. The molecule has 0 aromatic rings. The van der Waals surface area contributed by atoms with Crippen molar-refractivity contribution < 1.29 is 9.59 Å². The van der Waals surface area contributed by atoms with Crippen LogP contribution in [0.1, 0.15) is 12.8 Å². The lowest BCUT2D eigenvalue weighted by Crippen LogP contribution is -2.41. The van der Waals surface area contributed by atoms with Gasteiger partial charge >= 0.3 is 0 Å². The van der Waals surface area contributed by atoms with E-state index >= 15 is 0 Å². The zero-order chi connectivity index (χ0) is 10.3. The zero-order valence-electron chi connectivity index (χ0n) is 7.25. The second-order valence-corrected chi connectivity index (χ2v) is 2.52. The van der Waals surface area contributed by atoms with E-state index in [2.05, 4.69) is 11.2 Å². The van der Waals surface area contributed by atoms with Crippen LogP contribution in [-0.2, 0) is 9.59 Å². The maximum atomic E-state index is 11.0. The van der Waals surface area contributed by atoms with Crippen molar-refractivity contribution in [3.8, 4) is 12.3 Å². The summed E-state index contributed by atoms with van der Waals surface area (Å²) < 4.78 is 0. The van der Waals surface area contributed by atoms with Crippen LogP contribution >= 0.6 is 0 Å². The van der Waals surface area contributed by atoms with Crippen LogP contribution in [0.5, 0.6) is 0 Å². The number of primary amides is 1. The molecule has 0 fully saturated rings. The molecule has 5 heteroatoms. The number of nitrogens with two attached hydrogens (primary N) is 2. The fourth-order valence-electron chi connectivity index (χ4n) is 0.660. The molecule has 13 heavy (non-hydrogen) atoms. The summed E-state index contributed by atoms with van der Waals surface area (Å²) in [5.74, 6) is 1.44. The van der Waals surface area contributed by atoms with Crippen molar-refractivity contribution >= 4 is 11.8 Å². The van der Waals surface area contributed by atoms with Gasteiger partial charge in [-0.3, -0.25) is 9.59 Å². The second kappa shape index (κ2) is 6.03. The summed E-state index contributed by atoms with van der Waals surface area (Å²) in [4.78, 5) is 21.3. The highest BCUT2D eigenvalue weighted by molar-refractivity contribution is 5.82. The van der Waals surface area contributed by atoms with Crippen LogP contribution in [0.3, 0.4) is 0 Å². The van der Waals surface area contributed by atoms with Crippen molar-refractivity contribution in [1.82, 2.24) is 5.32 Å². The summed E-state index contributed by atoms with van der Waals surface area (Å²) in [5, 5.41) is 2.44. The molecule has 1 unspecified atom stereocenters. The molecule has 5 N–H and O–H groups in total. The molecule has 72 valence electrons. The third kappa shape index (κ3) is 5.70. The lowest BCUT2D eigenvalue weighted by molar-refractivity contribution is -0.122. The van der Waals surface area contributed by atoms with Crippen molar-refractivity contribution in [2.45, 2.75) is 18.9 Å². The van der Waals surface area contributed by atoms with Gasteiger partial charge in [-0.15, -0.1) is 12.3 Å². The molecular weight excluding hydrogens is 170 g/mol. The van der Waals surface area contributed by atoms with Gasteiger partial charge in [-0.1, -0.05) is 0 Å². The average molecular weight is 183 g/mol. The van der Waals surface area contributed by atoms with Crippen LogP contribution in [0.4, 0.5) is 0 Å². The molecule has 1 atom stereocenters. The number of carbonyl (C=O) groups is 2. The Morgan fingerprint density at radius 3 is 2.62 bits per heavy atom. The van der Waals surface area contributed by atoms with Gasteiger partial charge in [-0.2, -0.15) is 0 Å². The first kappa shape index (κ1) is 11.5. The van der Waals surface area contributed by atoms with Crippen LogP contribution in [0.15, 0.2) is 0 Å². The third-order valence-corrected chi connectivity index (χ3v) is 1.35. The van der Waals surface area contributed by atoms with Crippen molar-refractivity contribution in [3.05, 3.63) is 0 Å². The number of nitrogens with one attached hydrogen (secondary N) is 1. The molecule has 2 amide bonds. The molecule has 0 aliphatic rings. The number of amides is 2. The molecule has 0 aromatic heterocycles. The van der Waals surface area contributed by atoms with E-state index in [0.717, 1.165) is 0 Å². The molecule has 0 aromatic carbocycles. The van der Waals surface area contributed by atoms with E-state index < -0.39 is 11.9 Å². The SMILES string of the molecule is C#CCC(N)C(=O)NCCC(N)=O. The first-order valence-electron chi connectivity index (χ1n) is 3.83. The molecule has 0 heterocycles. The standard InChI is InChI=1S/C8H13N3O2/c1-2-3-6(9)8(13)11-5-4-7(10)12/h1,6H,3-5,9H2,(H2,10,12)(H,11,13). The lowest BCUT2D eigenvalue weighted by atomic mass is 10.2. The van der Waals surface area contributed by atoms with Gasteiger partial charge in [0.15, 0.2) is 0 Å². The summed E-state index contributed by atoms with van der Waals surface area (Å²) in [6.07, 6.45) is 5.25. The summed E-state index contributed by atoms with van der Waals surface area (Å²) in [6.45, 7) is 0.201. The Hall–Kier alpha value is -1.54. The monoisotopic (exact) mass is 183 g/mol. The van der Waals surface area contributed by atoms with Crippen LogP contribution in [0.2, 0.25) is 0 Å². The van der Waals surface area contributed by atoms with Gasteiger partial charge in [0.2, 0.25) is 11.8 Å². The fraction of sp³-hybridized carbons (Fsp3) is 0.500. The van der Waals surface area contributed by atoms with Crippen LogP contribution in [-0.4, -0.2) is 24.4 Å². The van der Waals surface area contributed by atoms with Gasteiger partial charge in [0, 0.05) is 19.4 Å². The molecule has 0 saturated carbocycles. The number of hydrogen-bond donors (Lipinski definition) is 3. The lowest BCUT2D eigenvalue weighted by Gasteiger charge is -2.08. The largest absolute Gasteiger partial charge is 0.370 e. The summed E-state index contributed by atoms with van der Waals surface area (Å²) in [7, 11) is 0. The van der Waals surface area contributed by atoms with Crippen LogP contribution < -0.4 is 16.8 Å². The Kier molecular flexibility index (Phi) is 5.32. The third-order valence-electron chi connectivity index (χ3n) is 1.35. The highest BCUT2D eigenvalue weighted by Crippen LogP contribution is 1.85. The first-order chi connectivity index (χ1) is 6.07. The Labute approximate surface area is 76.8 Å². The summed E-state index contributed by atoms with van der Waals surface area (Å²) in [6, 6.07) is -0.710. The zero-order valence-corrected chi connectivity index (χ0v) is 7.25. The van der Waals surface area contributed by atoms with Crippen LogP contribution in [0.25, 0.3) is 0 Å². The van der Waals surface area contributed by atoms with Gasteiger partial charge in [-0.25, -0.2) is 0 Å². The Balaban J connectivity index is 3.63.